The Bertz CT molecular complexity index is 3260. The molecule has 0 saturated heterocycles. The van der Waals surface area contributed by atoms with Gasteiger partial charge in [-0.3, -0.25) is 0 Å². The zero-order valence-electron chi connectivity index (χ0n) is 30.1. The Morgan fingerprint density at radius 2 is 0.911 bits per heavy atom. The van der Waals surface area contributed by atoms with E-state index in [1.807, 2.05) is 36.4 Å². The summed E-state index contributed by atoms with van der Waals surface area (Å²) in [6.07, 6.45) is 0. The van der Waals surface area contributed by atoms with Gasteiger partial charge in [0.15, 0.2) is 0 Å². The zero-order chi connectivity index (χ0) is 37.0. The lowest BCUT2D eigenvalue weighted by atomic mass is 9.84. The van der Waals surface area contributed by atoms with Crippen molar-refractivity contribution in [3.8, 4) is 67.0 Å². The summed E-state index contributed by atoms with van der Waals surface area (Å²) in [7, 11) is 0. The minimum Gasteiger partial charge on any atom is -0.456 e. The molecule has 0 amide bonds. The van der Waals surface area contributed by atoms with Crippen LogP contribution in [0.4, 0.5) is 0 Å². The van der Waals surface area contributed by atoms with Crippen LogP contribution in [0.25, 0.3) is 109 Å². The largest absolute Gasteiger partial charge is 0.456 e. The van der Waals surface area contributed by atoms with Crippen LogP contribution >= 0.6 is 11.3 Å². The Hall–Kier alpha value is -7.21. The number of nitrogens with zero attached hydrogens (tertiary/aromatic N) is 3. The van der Waals surface area contributed by atoms with E-state index < -0.39 is 0 Å². The highest BCUT2D eigenvalue weighted by Gasteiger charge is 2.27. The molecule has 3 heterocycles. The Morgan fingerprint density at radius 3 is 1.70 bits per heavy atom. The summed E-state index contributed by atoms with van der Waals surface area (Å²) in [4.78, 5) is 0. The number of rotatable bonds is 6. The average Bonchev–Trinajstić information content (AvgIpc) is 3.85. The number of para-hydroxylation sites is 1. The normalized spacial score (nSPS) is 11.6. The molecule has 0 radical (unpaired) electrons. The van der Waals surface area contributed by atoms with Gasteiger partial charge in [-0.05, 0) is 68.4 Å². The van der Waals surface area contributed by atoms with Gasteiger partial charge in [-0.1, -0.05) is 164 Å². The number of thiophene rings is 1. The summed E-state index contributed by atoms with van der Waals surface area (Å²) in [6, 6.07) is 66.2. The molecular weight excluding hydrogens is 703 g/mol. The molecule has 11 aromatic rings. The number of benzene rings is 8. The van der Waals surface area contributed by atoms with Crippen molar-refractivity contribution in [1.82, 2.24) is 15.4 Å². The van der Waals surface area contributed by atoms with E-state index in [0.29, 0.717) is 0 Å². The molecule has 0 N–H and O–H groups in total. The minimum absolute atomic E-state index is 0.763. The summed E-state index contributed by atoms with van der Waals surface area (Å²) < 4.78 is 8.88. The van der Waals surface area contributed by atoms with E-state index in [2.05, 4.69) is 157 Å². The van der Waals surface area contributed by atoms with Gasteiger partial charge in [-0.2, -0.15) is 0 Å². The highest BCUT2D eigenvalue weighted by Crippen LogP contribution is 2.51. The summed E-state index contributed by atoms with van der Waals surface area (Å²) in [5.41, 5.74) is 13.9. The summed E-state index contributed by atoms with van der Waals surface area (Å²) >= 11 is 1.80. The molecule has 56 heavy (non-hydrogen) atoms. The number of aromatic nitrogens is 3. The molecule has 0 aliphatic carbocycles. The van der Waals surface area contributed by atoms with E-state index in [1.54, 1.807) is 11.3 Å². The topological polar surface area (TPSA) is 51.8 Å². The van der Waals surface area contributed by atoms with Crippen molar-refractivity contribution in [2.24, 2.45) is 0 Å². The monoisotopic (exact) mass is 733 g/mol. The lowest BCUT2D eigenvalue weighted by Crippen LogP contribution is -2.02. The van der Waals surface area contributed by atoms with Gasteiger partial charge in [0.25, 0.3) is 0 Å². The molecule has 4 nitrogen and oxygen atoms in total. The Balaban J connectivity index is 1.29. The molecule has 0 bridgehead atoms. The van der Waals surface area contributed by atoms with Gasteiger partial charge in [-0.15, -0.1) is 21.5 Å². The highest BCUT2D eigenvalue weighted by atomic mass is 32.1. The molecular formula is C51H31N3OS. The molecule has 0 spiro atoms. The van der Waals surface area contributed by atoms with Gasteiger partial charge in [-0.25, -0.2) is 0 Å². The molecule has 11 rings (SSSR count). The van der Waals surface area contributed by atoms with Crippen molar-refractivity contribution < 1.29 is 4.42 Å². The lowest BCUT2D eigenvalue weighted by Gasteiger charge is -2.20. The van der Waals surface area contributed by atoms with Crippen LogP contribution in [0.15, 0.2) is 192 Å². The van der Waals surface area contributed by atoms with Gasteiger partial charge in [0.2, 0.25) is 0 Å². The average molecular weight is 734 g/mol. The third kappa shape index (κ3) is 5.17. The van der Waals surface area contributed by atoms with Crippen LogP contribution in [0.2, 0.25) is 0 Å². The molecule has 0 aliphatic heterocycles. The van der Waals surface area contributed by atoms with Crippen LogP contribution in [0.5, 0.6) is 0 Å². The third-order valence-electron chi connectivity index (χ3n) is 10.8. The SMILES string of the molecule is c1ccc(-c2ccccc2-c2ccccc2-c2ccc3sc4ccccc4c3c2-c2nnnc(-c3ccccc3)c2-c2cccc3oc4ccccc4c23)cc1. The van der Waals surface area contributed by atoms with Crippen LogP contribution in [-0.2, 0) is 0 Å². The van der Waals surface area contributed by atoms with Crippen molar-refractivity contribution in [2.75, 3.05) is 0 Å². The molecule has 0 atom stereocenters. The van der Waals surface area contributed by atoms with E-state index in [-0.39, 0.29) is 0 Å². The second-order valence-corrected chi connectivity index (χ2v) is 15.0. The first kappa shape index (κ1) is 32.2. The standard InChI is InChI=1S/C51H31N3OS/c1-3-16-32(17-4-1)34-20-7-8-21-35(34)36-22-9-10-23-37(36)38-30-31-45-47(40-25-12-14-29-44(40)56-45)48(38)51-49(50(52-54-53-51)33-18-5-2-6-19-33)41-26-15-28-43-46(41)39-24-11-13-27-42(39)55-43/h1-31H. The lowest BCUT2D eigenvalue weighted by molar-refractivity contribution is 0.669. The predicted octanol–water partition coefficient (Wildman–Crippen LogP) is 14.1. The molecule has 0 aliphatic rings. The molecule has 0 unspecified atom stereocenters. The summed E-state index contributed by atoms with van der Waals surface area (Å²) in [5.74, 6) is 0. The van der Waals surface area contributed by atoms with E-state index in [4.69, 9.17) is 14.6 Å². The second-order valence-electron chi connectivity index (χ2n) is 13.9. The Kier molecular flexibility index (Phi) is 7.64. The maximum atomic E-state index is 6.47. The fourth-order valence-corrected chi connectivity index (χ4v) is 9.48. The molecule has 0 fully saturated rings. The van der Waals surface area contributed by atoms with Crippen molar-refractivity contribution in [1.29, 1.82) is 0 Å². The van der Waals surface area contributed by atoms with Crippen molar-refractivity contribution >= 4 is 53.4 Å². The molecule has 5 heteroatoms. The Morgan fingerprint density at radius 1 is 0.339 bits per heavy atom. The van der Waals surface area contributed by atoms with E-state index in [0.717, 1.165) is 83.2 Å². The quantitative estimate of drug-likeness (QED) is 0.171. The Labute approximate surface area is 327 Å². The predicted molar refractivity (Wildman–Crippen MR) is 233 cm³/mol. The zero-order valence-corrected chi connectivity index (χ0v) is 30.9. The molecule has 8 aromatic carbocycles. The first-order chi connectivity index (χ1) is 27.8. The fraction of sp³-hybridized carbons (Fsp3) is 0. The maximum absolute atomic E-state index is 6.47. The molecule has 0 saturated carbocycles. The van der Waals surface area contributed by atoms with Gasteiger partial charge in [0.1, 0.15) is 22.6 Å². The van der Waals surface area contributed by atoms with Crippen LogP contribution in [0.3, 0.4) is 0 Å². The van der Waals surface area contributed by atoms with E-state index in [9.17, 15) is 0 Å². The van der Waals surface area contributed by atoms with Crippen LogP contribution in [0, 0.1) is 0 Å². The highest BCUT2D eigenvalue weighted by molar-refractivity contribution is 7.26. The van der Waals surface area contributed by atoms with Gasteiger partial charge in [0, 0.05) is 47.6 Å². The summed E-state index contributed by atoms with van der Waals surface area (Å²) in [5, 5.41) is 18.9. The fourth-order valence-electron chi connectivity index (χ4n) is 8.36. The van der Waals surface area contributed by atoms with Gasteiger partial charge >= 0.3 is 0 Å². The smallest absolute Gasteiger partial charge is 0.136 e. The van der Waals surface area contributed by atoms with Crippen molar-refractivity contribution in [2.45, 2.75) is 0 Å². The van der Waals surface area contributed by atoms with Crippen molar-refractivity contribution in [3.63, 3.8) is 0 Å². The van der Waals surface area contributed by atoms with Crippen molar-refractivity contribution in [3.05, 3.63) is 188 Å². The van der Waals surface area contributed by atoms with Crippen LogP contribution in [-0.4, -0.2) is 15.4 Å². The van der Waals surface area contributed by atoms with E-state index in [1.165, 1.54) is 25.9 Å². The van der Waals surface area contributed by atoms with Gasteiger partial charge in [0.05, 0.1) is 0 Å². The minimum atomic E-state index is 0.763. The van der Waals surface area contributed by atoms with Gasteiger partial charge < -0.3 is 4.42 Å². The van der Waals surface area contributed by atoms with Crippen LogP contribution < -0.4 is 0 Å². The molecule has 3 aromatic heterocycles. The molecule has 262 valence electrons. The summed E-state index contributed by atoms with van der Waals surface area (Å²) in [6.45, 7) is 0. The maximum Gasteiger partial charge on any atom is 0.136 e. The number of hydrogen-bond donors (Lipinski definition) is 0. The number of fused-ring (bicyclic) bond motifs is 6. The number of furan rings is 1. The first-order valence-electron chi connectivity index (χ1n) is 18.7. The second kappa shape index (κ2) is 13.3. The third-order valence-corrected chi connectivity index (χ3v) is 11.9. The number of hydrogen-bond acceptors (Lipinski definition) is 5. The first-order valence-corrected chi connectivity index (χ1v) is 19.5. The van der Waals surface area contributed by atoms with Crippen LogP contribution in [0.1, 0.15) is 0 Å². The van der Waals surface area contributed by atoms with E-state index >= 15 is 0 Å².